The molecule has 13 heavy (non-hydrogen) atoms. The van der Waals surface area contributed by atoms with E-state index in [-0.39, 0.29) is 0 Å². The molecule has 72 valence electrons. The minimum atomic E-state index is 0.582. The molecule has 1 atom stereocenters. The number of rotatable bonds is 3. The second-order valence-corrected chi connectivity index (χ2v) is 3.98. The fraction of sp³-hybridized carbons (Fsp3) is 0.583. The van der Waals surface area contributed by atoms with Crippen molar-refractivity contribution < 1.29 is 0 Å². The molecule has 0 aliphatic heterocycles. The summed E-state index contributed by atoms with van der Waals surface area (Å²) in [6.07, 6.45) is 3.17. The van der Waals surface area contributed by atoms with E-state index < -0.39 is 0 Å². The maximum absolute atomic E-state index is 4.47. The van der Waals surface area contributed by atoms with Crippen LogP contribution < -0.4 is 0 Å². The van der Waals surface area contributed by atoms with Crippen LogP contribution in [0.5, 0.6) is 0 Å². The molecule has 1 nitrogen and oxygen atoms in total. The van der Waals surface area contributed by atoms with Crippen molar-refractivity contribution in [2.45, 2.75) is 46.0 Å². The third-order valence-corrected chi connectivity index (χ3v) is 2.59. The van der Waals surface area contributed by atoms with E-state index in [0.29, 0.717) is 11.8 Å². The van der Waals surface area contributed by atoms with Crippen molar-refractivity contribution in [1.29, 1.82) is 0 Å². The monoisotopic (exact) mass is 177 g/mol. The van der Waals surface area contributed by atoms with Gasteiger partial charge in [-0.15, -0.1) is 0 Å². The Morgan fingerprint density at radius 1 is 1.23 bits per heavy atom. The van der Waals surface area contributed by atoms with Crippen LogP contribution in [0, 0.1) is 0 Å². The Morgan fingerprint density at radius 2 is 1.92 bits per heavy atom. The van der Waals surface area contributed by atoms with E-state index in [0.717, 1.165) is 6.42 Å². The van der Waals surface area contributed by atoms with Crippen LogP contribution in [0.15, 0.2) is 18.3 Å². The maximum atomic E-state index is 4.47. The van der Waals surface area contributed by atoms with Crippen molar-refractivity contribution >= 4 is 0 Å². The fourth-order valence-corrected chi connectivity index (χ4v) is 1.26. The number of hydrogen-bond acceptors (Lipinski definition) is 1. The van der Waals surface area contributed by atoms with Crippen LogP contribution in [0.3, 0.4) is 0 Å². The van der Waals surface area contributed by atoms with E-state index in [2.05, 4.69) is 44.8 Å². The predicted molar refractivity (Wildman–Crippen MR) is 57.0 cm³/mol. The van der Waals surface area contributed by atoms with Gasteiger partial charge in [0, 0.05) is 11.9 Å². The van der Waals surface area contributed by atoms with Gasteiger partial charge in [0.2, 0.25) is 0 Å². The zero-order valence-corrected chi connectivity index (χ0v) is 9.04. The van der Waals surface area contributed by atoms with Crippen LogP contribution in [0.4, 0.5) is 0 Å². The standard InChI is InChI=1S/C12H19N/c1-5-10(4)12-7-6-11(8-13-12)9(2)3/h6-10H,5H2,1-4H3. The number of aromatic nitrogens is 1. The third kappa shape index (κ3) is 2.55. The lowest BCUT2D eigenvalue weighted by atomic mass is 10.0. The summed E-state index contributed by atoms with van der Waals surface area (Å²) in [6, 6.07) is 4.35. The lowest BCUT2D eigenvalue weighted by Gasteiger charge is -2.09. The minimum absolute atomic E-state index is 0.582. The van der Waals surface area contributed by atoms with Gasteiger partial charge in [-0.2, -0.15) is 0 Å². The Bertz CT molecular complexity index is 248. The summed E-state index contributed by atoms with van der Waals surface area (Å²) >= 11 is 0. The second kappa shape index (κ2) is 4.40. The molecule has 0 fully saturated rings. The smallest absolute Gasteiger partial charge is 0.0431 e. The van der Waals surface area contributed by atoms with Gasteiger partial charge >= 0.3 is 0 Å². The molecule has 0 bridgehead atoms. The molecule has 1 heterocycles. The van der Waals surface area contributed by atoms with Gasteiger partial charge in [-0.25, -0.2) is 0 Å². The van der Waals surface area contributed by atoms with Crippen molar-refractivity contribution in [1.82, 2.24) is 4.98 Å². The first-order valence-electron chi connectivity index (χ1n) is 5.11. The quantitative estimate of drug-likeness (QED) is 0.685. The normalized spacial score (nSPS) is 13.3. The molecular weight excluding hydrogens is 158 g/mol. The highest BCUT2D eigenvalue weighted by atomic mass is 14.7. The van der Waals surface area contributed by atoms with Crippen LogP contribution >= 0.6 is 0 Å². The Kier molecular flexibility index (Phi) is 3.47. The van der Waals surface area contributed by atoms with E-state index >= 15 is 0 Å². The first-order chi connectivity index (χ1) is 6.15. The topological polar surface area (TPSA) is 12.9 Å². The predicted octanol–water partition coefficient (Wildman–Crippen LogP) is 3.72. The molecule has 1 aromatic heterocycles. The SMILES string of the molecule is CCC(C)c1ccc(C(C)C)cn1. The average Bonchev–Trinajstić information content (AvgIpc) is 2.17. The molecule has 0 aliphatic carbocycles. The van der Waals surface area contributed by atoms with Gasteiger partial charge in [0.1, 0.15) is 0 Å². The van der Waals surface area contributed by atoms with Gasteiger partial charge in [0.15, 0.2) is 0 Å². The van der Waals surface area contributed by atoms with Crippen molar-refractivity contribution in [3.05, 3.63) is 29.6 Å². The second-order valence-electron chi connectivity index (χ2n) is 3.98. The van der Waals surface area contributed by atoms with E-state index in [9.17, 15) is 0 Å². The molecule has 0 saturated heterocycles. The highest BCUT2D eigenvalue weighted by molar-refractivity contribution is 5.18. The molecule has 1 unspecified atom stereocenters. The molecule has 0 aromatic carbocycles. The summed E-state index contributed by atoms with van der Waals surface area (Å²) < 4.78 is 0. The number of pyridine rings is 1. The summed E-state index contributed by atoms with van der Waals surface area (Å²) in [5.41, 5.74) is 2.54. The highest BCUT2D eigenvalue weighted by Gasteiger charge is 2.04. The first kappa shape index (κ1) is 10.2. The largest absolute Gasteiger partial charge is 0.261 e. The van der Waals surface area contributed by atoms with Crippen LogP contribution in [0.1, 0.15) is 57.2 Å². The molecule has 0 saturated carbocycles. The molecular formula is C12H19N. The summed E-state index contributed by atoms with van der Waals surface area (Å²) in [5, 5.41) is 0. The molecule has 0 aliphatic rings. The third-order valence-electron chi connectivity index (χ3n) is 2.59. The average molecular weight is 177 g/mol. The van der Waals surface area contributed by atoms with Gasteiger partial charge in [-0.05, 0) is 29.9 Å². The maximum Gasteiger partial charge on any atom is 0.0431 e. The van der Waals surface area contributed by atoms with Crippen molar-refractivity contribution in [3.63, 3.8) is 0 Å². The molecule has 0 radical (unpaired) electrons. The zero-order valence-electron chi connectivity index (χ0n) is 9.04. The Balaban J connectivity index is 2.81. The van der Waals surface area contributed by atoms with Crippen molar-refractivity contribution in [2.24, 2.45) is 0 Å². The molecule has 0 spiro atoms. The van der Waals surface area contributed by atoms with Crippen molar-refractivity contribution in [3.8, 4) is 0 Å². The van der Waals surface area contributed by atoms with E-state index in [4.69, 9.17) is 0 Å². The van der Waals surface area contributed by atoms with Gasteiger partial charge in [-0.1, -0.05) is 33.8 Å². The molecule has 0 N–H and O–H groups in total. The van der Waals surface area contributed by atoms with Crippen LogP contribution in [-0.2, 0) is 0 Å². The fourth-order valence-electron chi connectivity index (χ4n) is 1.26. The van der Waals surface area contributed by atoms with E-state index in [1.54, 1.807) is 0 Å². The lowest BCUT2D eigenvalue weighted by molar-refractivity contribution is 0.704. The Morgan fingerprint density at radius 3 is 2.31 bits per heavy atom. The molecule has 0 amide bonds. The van der Waals surface area contributed by atoms with Gasteiger partial charge in [0.05, 0.1) is 0 Å². The first-order valence-corrected chi connectivity index (χ1v) is 5.11. The van der Waals surface area contributed by atoms with E-state index in [1.165, 1.54) is 11.3 Å². The zero-order chi connectivity index (χ0) is 9.84. The number of hydrogen-bond donors (Lipinski definition) is 0. The Hall–Kier alpha value is -0.850. The Labute approximate surface area is 81.2 Å². The van der Waals surface area contributed by atoms with Crippen LogP contribution in [0.2, 0.25) is 0 Å². The van der Waals surface area contributed by atoms with Gasteiger partial charge < -0.3 is 0 Å². The summed E-state index contributed by atoms with van der Waals surface area (Å²) in [7, 11) is 0. The van der Waals surface area contributed by atoms with E-state index in [1.807, 2.05) is 6.20 Å². The lowest BCUT2D eigenvalue weighted by Crippen LogP contribution is -1.97. The van der Waals surface area contributed by atoms with Crippen LogP contribution in [0.25, 0.3) is 0 Å². The van der Waals surface area contributed by atoms with Gasteiger partial charge in [0.25, 0.3) is 0 Å². The number of nitrogens with zero attached hydrogens (tertiary/aromatic N) is 1. The molecule has 1 heteroatoms. The van der Waals surface area contributed by atoms with Crippen molar-refractivity contribution in [2.75, 3.05) is 0 Å². The highest BCUT2D eigenvalue weighted by Crippen LogP contribution is 2.18. The molecule has 1 aromatic rings. The van der Waals surface area contributed by atoms with Crippen LogP contribution in [-0.4, -0.2) is 4.98 Å². The van der Waals surface area contributed by atoms with Gasteiger partial charge in [-0.3, -0.25) is 4.98 Å². The minimum Gasteiger partial charge on any atom is -0.261 e. The summed E-state index contributed by atoms with van der Waals surface area (Å²) in [6.45, 7) is 8.81. The molecule has 1 rings (SSSR count). The summed E-state index contributed by atoms with van der Waals surface area (Å²) in [4.78, 5) is 4.47. The summed E-state index contributed by atoms with van der Waals surface area (Å²) in [5.74, 6) is 1.17.